The summed E-state index contributed by atoms with van der Waals surface area (Å²) in [4.78, 5) is 8.59. The smallest absolute Gasteiger partial charge is 0.322 e. The van der Waals surface area contributed by atoms with Gasteiger partial charge in [-0.3, -0.25) is 0 Å². The van der Waals surface area contributed by atoms with Crippen molar-refractivity contribution in [3.05, 3.63) is 41.7 Å². The Morgan fingerprint density at radius 1 is 1.11 bits per heavy atom. The highest BCUT2D eigenvalue weighted by Gasteiger charge is 2.07. The molecule has 0 aliphatic heterocycles. The molecular formula is C14H16N2O2. The number of benzene rings is 1. The van der Waals surface area contributed by atoms with Crippen molar-refractivity contribution in [1.82, 2.24) is 9.97 Å². The molecule has 2 rings (SSSR count). The van der Waals surface area contributed by atoms with E-state index < -0.39 is 0 Å². The van der Waals surface area contributed by atoms with Crippen LogP contribution in [0.3, 0.4) is 0 Å². The summed E-state index contributed by atoms with van der Waals surface area (Å²) in [5, 5.41) is 9.20. The van der Waals surface area contributed by atoms with Crippen LogP contribution in [0, 0.1) is 6.92 Å². The van der Waals surface area contributed by atoms with Gasteiger partial charge in [0.25, 0.3) is 0 Å². The largest absolute Gasteiger partial charge is 0.508 e. The summed E-state index contributed by atoms with van der Waals surface area (Å²) >= 11 is 0. The molecule has 1 heterocycles. The lowest BCUT2D eigenvalue weighted by Gasteiger charge is -2.09. The number of nitrogens with zero attached hydrogens (tertiary/aromatic N) is 2. The van der Waals surface area contributed by atoms with Gasteiger partial charge in [-0.2, -0.15) is 4.98 Å². The highest BCUT2D eigenvalue weighted by Crippen LogP contribution is 2.22. The van der Waals surface area contributed by atoms with Crippen LogP contribution in [0.15, 0.2) is 30.3 Å². The third kappa shape index (κ3) is 2.97. The molecule has 0 unspecified atom stereocenters. The zero-order valence-corrected chi connectivity index (χ0v) is 10.7. The fraction of sp³-hybridized carbons (Fsp3) is 0.286. The molecule has 0 saturated carbocycles. The predicted octanol–water partition coefficient (Wildman–Crippen LogP) is 3.41. The highest BCUT2D eigenvalue weighted by atomic mass is 16.5. The van der Waals surface area contributed by atoms with Crippen molar-refractivity contribution >= 4 is 0 Å². The molecule has 0 bridgehead atoms. The number of aromatic nitrogens is 2. The van der Waals surface area contributed by atoms with Crippen molar-refractivity contribution < 1.29 is 9.84 Å². The van der Waals surface area contributed by atoms with Gasteiger partial charge in [0.1, 0.15) is 11.5 Å². The van der Waals surface area contributed by atoms with Gasteiger partial charge in [-0.25, -0.2) is 4.98 Å². The third-order valence-electron chi connectivity index (χ3n) is 2.49. The van der Waals surface area contributed by atoms with Crippen LogP contribution >= 0.6 is 0 Å². The van der Waals surface area contributed by atoms with Crippen molar-refractivity contribution in [2.24, 2.45) is 0 Å². The molecule has 0 spiro atoms. The second-order valence-electron chi connectivity index (χ2n) is 4.47. The Bertz CT molecular complexity index is 536. The minimum absolute atomic E-state index is 0.204. The number of aromatic hydroxyl groups is 1. The van der Waals surface area contributed by atoms with Gasteiger partial charge in [-0.1, -0.05) is 13.8 Å². The second kappa shape index (κ2) is 5.04. The average Bonchev–Trinajstić information content (AvgIpc) is 2.31. The molecule has 0 radical (unpaired) electrons. The highest BCUT2D eigenvalue weighted by molar-refractivity contribution is 5.32. The lowest BCUT2D eigenvalue weighted by atomic mass is 10.1. The van der Waals surface area contributed by atoms with E-state index in [1.165, 1.54) is 0 Å². The van der Waals surface area contributed by atoms with Crippen LogP contribution in [-0.2, 0) is 0 Å². The zero-order valence-electron chi connectivity index (χ0n) is 10.7. The van der Waals surface area contributed by atoms with Crippen LogP contribution in [-0.4, -0.2) is 15.1 Å². The fourth-order valence-corrected chi connectivity index (χ4v) is 1.53. The van der Waals surface area contributed by atoms with Gasteiger partial charge in [0, 0.05) is 5.69 Å². The standard InChI is InChI=1S/C14H16N2O2/c1-9(2)13-8-10(3)15-14(16-13)18-12-6-4-11(17)5-7-12/h4-9,17H,1-3H3. The van der Waals surface area contributed by atoms with Gasteiger partial charge < -0.3 is 9.84 Å². The number of hydrogen-bond acceptors (Lipinski definition) is 4. The summed E-state index contributed by atoms with van der Waals surface area (Å²) in [6.07, 6.45) is 0. The van der Waals surface area contributed by atoms with E-state index in [4.69, 9.17) is 4.74 Å². The van der Waals surface area contributed by atoms with E-state index in [2.05, 4.69) is 23.8 Å². The number of aryl methyl sites for hydroxylation is 1. The minimum atomic E-state index is 0.204. The normalized spacial score (nSPS) is 10.7. The summed E-state index contributed by atoms with van der Waals surface area (Å²) < 4.78 is 5.57. The number of hydrogen-bond donors (Lipinski definition) is 1. The van der Waals surface area contributed by atoms with Crippen LogP contribution in [0.2, 0.25) is 0 Å². The molecule has 0 amide bonds. The molecule has 94 valence electrons. The maximum Gasteiger partial charge on any atom is 0.322 e. The van der Waals surface area contributed by atoms with E-state index in [-0.39, 0.29) is 5.75 Å². The number of phenols is 1. The molecule has 0 fully saturated rings. The van der Waals surface area contributed by atoms with E-state index >= 15 is 0 Å². The van der Waals surface area contributed by atoms with Crippen molar-refractivity contribution in [3.63, 3.8) is 0 Å². The van der Waals surface area contributed by atoms with Crippen LogP contribution in [0.1, 0.15) is 31.2 Å². The molecule has 0 saturated heterocycles. The van der Waals surface area contributed by atoms with Crippen molar-refractivity contribution in [1.29, 1.82) is 0 Å². The molecular weight excluding hydrogens is 228 g/mol. The minimum Gasteiger partial charge on any atom is -0.508 e. The Morgan fingerprint density at radius 3 is 2.39 bits per heavy atom. The number of rotatable bonds is 3. The van der Waals surface area contributed by atoms with Gasteiger partial charge in [-0.05, 0) is 43.2 Å². The molecule has 1 aromatic heterocycles. The molecule has 4 nitrogen and oxygen atoms in total. The number of phenolic OH excluding ortho intramolecular Hbond substituents is 1. The van der Waals surface area contributed by atoms with E-state index in [1.807, 2.05) is 13.0 Å². The first-order chi connectivity index (χ1) is 8.54. The quantitative estimate of drug-likeness (QED) is 0.899. The Hall–Kier alpha value is -2.10. The maximum atomic E-state index is 9.20. The zero-order chi connectivity index (χ0) is 13.1. The average molecular weight is 244 g/mol. The van der Waals surface area contributed by atoms with Gasteiger partial charge in [0.15, 0.2) is 0 Å². The first kappa shape index (κ1) is 12.4. The molecule has 18 heavy (non-hydrogen) atoms. The van der Waals surface area contributed by atoms with E-state index in [0.29, 0.717) is 17.7 Å². The molecule has 2 aromatic rings. The molecule has 1 aromatic carbocycles. The predicted molar refractivity (Wildman–Crippen MR) is 69.0 cm³/mol. The van der Waals surface area contributed by atoms with Gasteiger partial charge >= 0.3 is 6.01 Å². The fourth-order valence-electron chi connectivity index (χ4n) is 1.53. The van der Waals surface area contributed by atoms with Gasteiger partial charge in [0.2, 0.25) is 0 Å². The van der Waals surface area contributed by atoms with Crippen molar-refractivity contribution in [2.45, 2.75) is 26.7 Å². The van der Waals surface area contributed by atoms with Crippen LogP contribution < -0.4 is 4.74 Å². The first-order valence-corrected chi connectivity index (χ1v) is 5.87. The number of ether oxygens (including phenoxy) is 1. The van der Waals surface area contributed by atoms with Crippen LogP contribution in [0.5, 0.6) is 17.5 Å². The first-order valence-electron chi connectivity index (χ1n) is 5.87. The molecule has 1 N–H and O–H groups in total. The van der Waals surface area contributed by atoms with Crippen molar-refractivity contribution in [3.8, 4) is 17.5 Å². The lowest BCUT2D eigenvalue weighted by Crippen LogP contribution is -2.00. The van der Waals surface area contributed by atoms with Gasteiger partial charge in [0.05, 0.1) is 5.69 Å². The van der Waals surface area contributed by atoms with E-state index in [1.54, 1.807) is 24.3 Å². The Kier molecular flexibility index (Phi) is 3.46. The summed E-state index contributed by atoms with van der Waals surface area (Å²) in [6, 6.07) is 8.77. The van der Waals surface area contributed by atoms with Crippen LogP contribution in [0.4, 0.5) is 0 Å². The van der Waals surface area contributed by atoms with Crippen molar-refractivity contribution in [2.75, 3.05) is 0 Å². The SMILES string of the molecule is Cc1cc(C(C)C)nc(Oc2ccc(O)cc2)n1. The Morgan fingerprint density at radius 2 is 1.78 bits per heavy atom. The molecule has 0 atom stereocenters. The monoisotopic (exact) mass is 244 g/mol. The summed E-state index contributed by atoms with van der Waals surface area (Å²) in [5.74, 6) is 1.14. The lowest BCUT2D eigenvalue weighted by molar-refractivity contribution is 0.432. The maximum absolute atomic E-state index is 9.20. The summed E-state index contributed by atoms with van der Waals surface area (Å²) in [6.45, 7) is 6.06. The third-order valence-corrected chi connectivity index (χ3v) is 2.49. The molecule has 0 aliphatic rings. The van der Waals surface area contributed by atoms with E-state index in [9.17, 15) is 5.11 Å². The summed E-state index contributed by atoms with van der Waals surface area (Å²) in [7, 11) is 0. The topological polar surface area (TPSA) is 55.2 Å². The van der Waals surface area contributed by atoms with Gasteiger partial charge in [-0.15, -0.1) is 0 Å². The summed E-state index contributed by atoms with van der Waals surface area (Å²) in [5.41, 5.74) is 1.83. The Balaban J connectivity index is 2.26. The second-order valence-corrected chi connectivity index (χ2v) is 4.47. The molecule has 0 aliphatic carbocycles. The van der Waals surface area contributed by atoms with Crippen LogP contribution in [0.25, 0.3) is 0 Å². The van der Waals surface area contributed by atoms with E-state index in [0.717, 1.165) is 11.4 Å². The molecule has 4 heteroatoms. The Labute approximate surface area is 106 Å².